The van der Waals surface area contributed by atoms with Gasteiger partial charge in [-0.2, -0.15) is 0 Å². The van der Waals surface area contributed by atoms with Crippen LogP contribution < -0.4 is 0 Å². The molecule has 0 aliphatic heterocycles. The fourth-order valence-corrected chi connectivity index (χ4v) is 1.14. The van der Waals surface area contributed by atoms with Gasteiger partial charge in [0.05, 0.1) is 0 Å². The van der Waals surface area contributed by atoms with Crippen LogP contribution in [0, 0.1) is 0 Å². The van der Waals surface area contributed by atoms with Crippen molar-refractivity contribution in [2.75, 3.05) is 26.8 Å². The highest BCUT2D eigenvalue weighted by Crippen LogP contribution is 1.97. The predicted octanol–water partition coefficient (Wildman–Crippen LogP) is 2.06. The van der Waals surface area contributed by atoms with Crippen LogP contribution in [0.1, 0.15) is 39.5 Å². The van der Waals surface area contributed by atoms with Gasteiger partial charge in [-0.15, -0.1) is 0 Å². The molecule has 0 heterocycles. The van der Waals surface area contributed by atoms with Crippen LogP contribution in [0.15, 0.2) is 0 Å². The van der Waals surface area contributed by atoms with Crippen LogP contribution in [0.5, 0.6) is 0 Å². The summed E-state index contributed by atoms with van der Waals surface area (Å²) in [7, 11) is 1.84. The first-order valence-electron chi connectivity index (χ1n) is 5.54. The molecule has 84 valence electrons. The van der Waals surface area contributed by atoms with Crippen molar-refractivity contribution in [3.63, 3.8) is 0 Å². The number of unbranched alkanes of at least 4 members (excludes halogenated alkanes) is 2. The molecule has 3 nitrogen and oxygen atoms in total. The normalized spacial score (nSPS) is 10.2. The summed E-state index contributed by atoms with van der Waals surface area (Å²) in [5.74, 6) is 0.0922. The Kier molecular flexibility index (Phi) is 8.64. The van der Waals surface area contributed by atoms with Gasteiger partial charge in [-0.05, 0) is 12.8 Å². The van der Waals surface area contributed by atoms with Crippen LogP contribution in [-0.2, 0) is 9.53 Å². The minimum Gasteiger partial charge on any atom is -0.372 e. The second-order valence-electron chi connectivity index (χ2n) is 3.57. The fourth-order valence-electron chi connectivity index (χ4n) is 1.14. The van der Waals surface area contributed by atoms with Crippen LogP contribution in [0.4, 0.5) is 0 Å². The first kappa shape index (κ1) is 13.4. The highest BCUT2D eigenvalue weighted by atomic mass is 16.5. The molecule has 3 heteroatoms. The lowest BCUT2D eigenvalue weighted by Crippen LogP contribution is -2.31. The largest absolute Gasteiger partial charge is 0.372 e. The molecular weight excluding hydrogens is 178 g/mol. The number of ether oxygens (including phenoxy) is 1. The van der Waals surface area contributed by atoms with Crippen LogP contribution >= 0.6 is 0 Å². The van der Waals surface area contributed by atoms with Gasteiger partial charge in [-0.1, -0.05) is 26.7 Å². The highest BCUT2D eigenvalue weighted by Gasteiger charge is 2.07. The summed E-state index contributed by atoms with van der Waals surface area (Å²) < 4.78 is 5.18. The van der Waals surface area contributed by atoms with Crippen molar-refractivity contribution >= 4 is 5.91 Å². The van der Waals surface area contributed by atoms with E-state index in [1.807, 2.05) is 14.0 Å². The molecule has 0 aromatic rings. The molecule has 0 fully saturated rings. The average Bonchev–Trinajstić information content (AvgIpc) is 2.18. The third kappa shape index (κ3) is 6.89. The maximum atomic E-state index is 11.4. The third-order valence-electron chi connectivity index (χ3n) is 2.10. The molecule has 1 amide bonds. The van der Waals surface area contributed by atoms with Crippen molar-refractivity contribution in [1.82, 2.24) is 4.90 Å². The van der Waals surface area contributed by atoms with E-state index in [-0.39, 0.29) is 12.5 Å². The quantitative estimate of drug-likeness (QED) is 0.563. The third-order valence-corrected chi connectivity index (χ3v) is 2.10. The maximum absolute atomic E-state index is 11.4. The van der Waals surface area contributed by atoms with Crippen molar-refractivity contribution in [1.29, 1.82) is 0 Å². The smallest absolute Gasteiger partial charge is 0.248 e. The van der Waals surface area contributed by atoms with Gasteiger partial charge in [-0.3, -0.25) is 4.79 Å². The summed E-state index contributed by atoms with van der Waals surface area (Å²) in [6.07, 6.45) is 4.43. The Labute approximate surface area is 87.4 Å². The van der Waals surface area contributed by atoms with E-state index in [4.69, 9.17) is 4.74 Å². The van der Waals surface area contributed by atoms with E-state index in [2.05, 4.69) is 6.92 Å². The highest BCUT2D eigenvalue weighted by molar-refractivity contribution is 5.77. The number of carbonyl (C=O) groups excluding carboxylic acids is 1. The number of hydrogen-bond donors (Lipinski definition) is 0. The number of likely N-dealkylation sites (N-methyl/N-ethyl adjacent to an activating group) is 1. The Morgan fingerprint density at radius 3 is 2.50 bits per heavy atom. The van der Waals surface area contributed by atoms with Crippen molar-refractivity contribution in [3.8, 4) is 0 Å². The predicted molar refractivity (Wildman–Crippen MR) is 58.3 cm³/mol. The number of amides is 1. The van der Waals surface area contributed by atoms with Gasteiger partial charge in [0.1, 0.15) is 6.61 Å². The Morgan fingerprint density at radius 2 is 1.93 bits per heavy atom. The zero-order valence-electron chi connectivity index (χ0n) is 9.71. The second kappa shape index (κ2) is 9.00. The molecule has 0 atom stereocenters. The SMILES string of the molecule is CCCCCN(C)C(=O)COCCC. The minimum absolute atomic E-state index is 0.0922. The summed E-state index contributed by atoms with van der Waals surface area (Å²) in [5.41, 5.74) is 0. The molecule has 0 saturated heterocycles. The lowest BCUT2D eigenvalue weighted by Gasteiger charge is -2.16. The number of carbonyl (C=O) groups is 1. The lowest BCUT2D eigenvalue weighted by atomic mass is 10.2. The molecular formula is C11H23NO2. The van der Waals surface area contributed by atoms with E-state index in [9.17, 15) is 4.79 Å². The Morgan fingerprint density at radius 1 is 1.21 bits per heavy atom. The molecule has 0 rings (SSSR count). The van der Waals surface area contributed by atoms with Crippen molar-refractivity contribution in [3.05, 3.63) is 0 Å². The average molecular weight is 201 g/mol. The first-order valence-corrected chi connectivity index (χ1v) is 5.54. The number of nitrogens with zero attached hydrogens (tertiary/aromatic N) is 1. The second-order valence-corrected chi connectivity index (χ2v) is 3.57. The molecule has 14 heavy (non-hydrogen) atoms. The summed E-state index contributed by atoms with van der Waals surface area (Å²) in [5, 5.41) is 0. The molecule has 0 N–H and O–H groups in total. The number of rotatable bonds is 8. The van der Waals surface area contributed by atoms with Crippen LogP contribution in [0.3, 0.4) is 0 Å². The molecule has 0 aliphatic carbocycles. The summed E-state index contributed by atoms with van der Waals surface area (Å²) >= 11 is 0. The van der Waals surface area contributed by atoms with Crippen LogP contribution in [0.2, 0.25) is 0 Å². The standard InChI is InChI=1S/C11H23NO2/c1-4-6-7-8-12(3)11(13)10-14-9-5-2/h4-10H2,1-3H3. The molecule has 0 aliphatic rings. The van der Waals surface area contributed by atoms with Crippen LogP contribution in [0.25, 0.3) is 0 Å². The topological polar surface area (TPSA) is 29.5 Å². The van der Waals surface area contributed by atoms with Crippen molar-refractivity contribution in [2.45, 2.75) is 39.5 Å². The van der Waals surface area contributed by atoms with E-state index in [0.29, 0.717) is 6.61 Å². The van der Waals surface area contributed by atoms with Gasteiger partial charge < -0.3 is 9.64 Å². The molecule has 0 spiro atoms. The summed E-state index contributed by atoms with van der Waals surface area (Å²) in [4.78, 5) is 13.2. The lowest BCUT2D eigenvalue weighted by molar-refractivity contribution is -0.134. The molecule has 0 radical (unpaired) electrons. The number of hydrogen-bond acceptors (Lipinski definition) is 2. The van der Waals surface area contributed by atoms with Gasteiger partial charge in [0.15, 0.2) is 0 Å². The van der Waals surface area contributed by atoms with Gasteiger partial charge in [-0.25, -0.2) is 0 Å². The summed E-state index contributed by atoms with van der Waals surface area (Å²) in [6, 6.07) is 0. The van der Waals surface area contributed by atoms with Crippen molar-refractivity contribution in [2.24, 2.45) is 0 Å². The minimum atomic E-state index is 0.0922. The van der Waals surface area contributed by atoms with Gasteiger partial charge >= 0.3 is 0 Å². The zero-order chi connectivity index (χ0) is 10.8. The first-order chi connectivity index (χ1) is 6.72. The van der Waals surface area contributed by atoms with Crippen LogP contribution in [-0.4, -0.2) is 37.6 Å². The summed E-state index contributed by atoms with van der Waals surface area (Å²) in [6.45, 7) is 5.95. The van der Waals surface area contributed by atoms with Gasteiger partial charge in [0.2, 0.25) is 5.91 Å². The maximum Gasteiger partial charge on any atom is 0.248 e. The van der Waals surface area contributed by atoms with E-state index in [0.717, 1.165) is 19.4 Å². The molecule has 0 aromatic heterocycles. The van der Waals surface area contributed by atoms with Gasteiger partial charge in [0.25, 0.3) is 0 Å². The van der Waals surface area contributed by atoms with Gasteiger partial charge in [0, 0.05) is 20.2 Å². The Hall–Kier alpha value is -0.570. The van der Waals surface area contributed by atoms with E-state index in [1.54, 1.807) is 4.90 Å². The molecule has 0 unspecified atom stereocenters. The van der Waals surface area contributed by atoms with Crippen molar-refractivity contribution < 1.29 is 9.53 Å². The Bertz CT molecular complexity index is 148. The zero-order valence-corrected chi connectivity index (χ0v) is 9.71. The van der Waals surface area contributed by atoms with E-state index >= 15 is 0 Å². The fraction of sp³-hybridized carbons (Fsp3) is 0.909. The monoisotopic (exact) mass is 201 g/mol. The molecule has 0 aromatic carbocycles. The Balaban J connectivity index is 3.44. The molecule has 0 saturated carbocycles. The molecule has 0 bridgehead atoms. The van der Waals surface area contributed by atoms with E-state index in [1.165, 1.54) is 12.8 Å². The van der Waals surface area contributed by atoms with E-state index < -0.39 is 0 Å².